The van der Waals surface area contributed by atoms with Crippen molar-refractivity contribution in [2.45, 2.75) is 37.7 Å². The molecule has 0 heterocycles. The van der Waals surface area contributed by atoms with Gasteiger partial charge in [-0.2, -0.15) is 0 Å². The summed E-state index contributed by atoms with van der Waals surface area (Å²) in [6.45, 7) is 0.964. The Morgan fingerprint density at radius 2 is 1.93 bits per heavy atom. The third-order valence-electron chi connectivity index (χ3n) is 2.76. The number of hydrogen-bond donors (Lipinski definition) is 5. The van der Waals surface area contributed by atoms with Gasteiger partial charge in [0.25, 0.3) is 0 Å². The van der Waals surface area contributed by atoms with E-state index >= 15 is 0 Å². The van der Waals surface area contributed by atoms with Gasteiger partial charge in [0, 0.05) is 19.4 Å². The maximum Gasteiger partial charge on any atom is 0.217 e. The van der Waals surface area contributed by atoms with Gasteiger partial charge in [0.2, 0.25) is 5.91 Å². The second-order valence-corrected chi connectivity index (χ2v) is 3.95. The Kier molecular flexibility index (Phi) is 4.04. The fourth-order valence-electron chi connectivity index (χ4n) is 1.91. The molecule has 5 atom stereocenters. The minimum atomic E-state index is -1.25. The smallest absolute Gasteiger partial charge is 0.217 e. The highest BCUT2D eigenvalue weighted by molar-refractivity contribution is 5.73. The van der Waals surface area contributed by atoms with E-state index in [4.69, 9.17) is 5.11 Å². The van der Waals surface area contributed by atoms with Gasteiger partial charge in [-0.3, -0.25) is 4.79 Å². The van der Waals surface area contributed by atoms with Crippen molar-refractivity contribution in [3.63, 3.8) is 0 Å². The number of hydrogen-bond acceptors (Lipinski definition) is 5. The number of aliphatic hydroxyl groups is 4. The van der Waals surface area contributed by atoms with E-state index in [-0.39, 0.29) is 18.9 Å². The topological polar surface area (TPSA) is 110 Å². The summed E-state index contributed by atoms with van der Waals surface area (Å²) in [4.78, 5) is 10.8. The van der Waals surface area contributed by atoms with Gasteiger partial charge >= 0.3 is 0 Å². The van der Waals surface area contributed by atoms with Crippen LogP contribution >= 0.6 is 0 Å². The van der Waals surface area contributed by atoms with E-state index in [9.17, 15) is 20.1 Å². The highest BCUT2D eigenvalue weighted by Gasteiger charge is 2.42. The molecule has 1 aliphatic rings. The summed E-state index contributed by atoms with van der Waals surface area (Å²) in [7, 11) is 0. The Bertz CT molecular complexity index is 235. The summed E-state index contributed by atoms with van der Waals surface area (Å²) >= 11 is 0. The molecule has 6 heteroatoms. The molecule has 1 rings (SSSR count). The second kappa shape index (κ2) is 4.89. The molecule has 1 amide bonds. The zero-order valence-electron chi connectivity index (χ0n) is 8.50. The summed E-state index contributed by atoms with van der Waals surface area (Å²) in [6, 6.07) is -0.875. The maximum absolute atomic E-state index is 10.8. The first-order valence-corrected chi connectivity index (χ1v) is 4.89. The monoisotopic (exact) mass is 219 g/mol. The summed E-state index contributed by atoms with van der Waals surface area (Å²) in [6.07, 6.45) is -3.19. The number of aliphatic hydroxyl groups excluding tert-OH is 4. The van der Waals surface area contributed by atoms with Crippen molar-refractivity contribution < 1.29 is 25.2 Å². The van der Waals surface area contributed by atoms with Crippen LogP contribution in [0, 0.1) is 5.92 Å². The zero-order valence-corrected chi connectivity index (χ0v) is 8.50. The molecule has 0 bridgehead atoms. The van der Waals surface area contributed by atoms with Gasteiger partial charge in [-0.25, -0.2) is 0 Å². The second-order valence-electron chi connectivity index (χ2n) is 3.95. The van der Waals surface area contributed by atoms with Crippen LogP contribution in [0.15, 0.2) is 0 Å². The van der Waals surface area contributed by atoms with Crippen LogP contribution < -0.4 is 5.32 Å². The third kappa shape index (κ3) is 2.66. The van der Waals surface area contributed by atoms with Crippen molar-refractivity contribution in [2.24, 2.45) is 5.92 Å². The van der Waals surface area contributed by atoms with Crippen molar-refractivity contribution in [3.8, 4) is 0 Å². The van der Waals surface area contributed by atoms with Gasteiger partial charge in [-0.05, 0) is 6.42 Å². The van der Waals surface area contributed by atoms with Crippen LogP contribution in [0.25, 0.3) is 0 Å². The Labute approximate surface area is 87.5 Å². The van der Waals surface area contributed by atoms with Crippen LogP contribution in [-0.4, -0.2) is 57.3 Å². The molecule has 0 aliphatic heterocycles. The minimum absolute atomic E-state index is 0.152. The van der Waals surface area contributed by atoms with Gasteiger partial charge in [0.05, 0.1) is 18.2 Å². The average molecular weight is 219 g/mol. The van der Waals surface area contributed by atoms with Gasteiger partial charge in [-0.15, -0.1) is 0 Å². The zero-order chi connectivity index (χ0) is 11.6. The molecule has 0 aromatic heterocycles. The van der Waals surface area contributed by atoms with E-state index in [1.54, 1.807) is 0 Å². The van der Waals surface area contributed by atoms with Gasteiger partial charge in [0.15, 0.2) is 0 Å². The summed E-state index contributed by atoms with van der Waals surface area (Å²) in [5, 5.41) is 40.1. The van der Waals surface area contributed by atoms with Crippen molar-refractivity contribution >= 4 is 5.91 Å². The van der Waals surface area contributed by atoms with Crippen molar-refractivity contribution in [1.82, 2.24) is 5.32 Å². The number of rotatable bonds is 2. The van der Waals surface area contributed by atoms with Gasteiger partial charge < -0.3 is 25.7 Å². The predicted molar refractivity (Wildman–Crippen MR) is 50.8 cm³/mol. The van der Waals surface area contributed by atoms with Crippen LogP contribution in [0.1, 0.15) is 13.3 Å². The predicted octanol–water partition coefficient (Wildman–Crippen LogP) is -2.41. The lowest BCUT2D eigenvalue weighted by atomic mass is 9.80. The SMILES string of the molecule is CC(=O)N[C@@H]1[C@@H](O)[C@H](O)[C@@H](CO)C[C@H]1O. The van der Waals surface area contributed by atoms with E-state index in [0.717, 1.165) is 0 Å². The first-order chi connectivity index (χ1) is 6.97. The summed E-state index contributed by atoms with van der Waals surface area (Å²) in [5.74, 6) is -0.937. The molecule has 0 aromatic carbocycles. The number of amides is 1. The first-order valence-electron chi connectivity index (χ1n) is 4.89. The Morgan fingerprint density at radius 3 is 2.40 bits per heavy atom. The molecular weight excluding hydrogens is 202 g/mol. The first kappa shape index (κ1) is 12.4. The molecule has 0 spiro atoms. The Hall–Kier alpha value is -0.690. The van der Waals surface area contributed by atoms with Gasteiger partial charge in [0.1, 0.15) is 6.10 Å². The number of carbonyl (C=O) groups is 1. The third-order valence-corrected chi connectivity index (χ3v) is 2.76. The lowest BCUT2D eigenvalue weighted by Gasteiger charge is -2.40. The van der Waals surface area contributed by atoms with Crippen molar-refractivity contribution in [3.05, 3.63) is 0 Å². The van der Waals surface area contributed by atoms with E-state index < -0.39 is 30.3 Å². The molecule has 0 aromatic rings. The molecule has 0 radical (unpaired) electrons. The summed E-state index contributed by atoms with van der Waals surface area (Å²) < 4.78 is 0. The normalized spacial score (nSPS) is 41.3. The molecule has 6 nitrogen and oxygen atoms in total. The maximum atomic E-state index is 10.8. The number of nitrogens with one attached hydrogen (secondary N) is 1. The largest absolute Gasteiger partial charge is 0.396 e. The van der Waals surface area contributed by atoms with E-state index in [0.29, 0.717) is 0 Å². The van der Waals surface area contributed by atoms with E-state index in [1.807, 2.05) is 0 Å². The highest BCUT2D eigenvalue weighted by atomic mass is 16.3. The highest BCUT2D eigenvalue weighted by Crippen LogP contribution is 2.25. The van der Waals surface area contributed by atoms with Crippen LogP contribution in [0.2, 0.25) is 0 Å². The molecule has 1 fully saturated rings. The molecule has 15 heavy (non-hydrogen) atoms. The van der Waals surface area contributed by atoms with E-state index in [2.05, 4.69) is 5.32 Å². The Balaban J connectivity index is 2.70. The minimum Gasteiger partial charge on any atom is -0.396 e. The molecule has 0 saturated heterocycles. The lowest BCUT2D eigenvalue weighted by molar-refractivity contribution is -0.133. The fraction of sp³-hybridized carbons (Fsp3) is 0.889. The quantitative estimate of drug-likeness (QED) is 0.355. The number of carbonyl (C=O) groups excluding carboxylic acids is 1. The van der Waals surface area contributed by atoms with Crippen molar-refractivity contribution in [1.29, 1.82) is 0 Å². The van der Waals surface area contributed by atoms with E-state index in [1.165, 1.54) is 6.92 Å². The fourth-order valence-corrected chi connectivity index (χ4v) is 1.91. The van der Waals surface area contributed by atoms with Gasteiger partial charge in [-0.1, -0.05) is 0 Å². The molecule has 5 N–H and O–H groups in total. The molecule has 0 unspecified atom stereocenters. The summed E-state index contributed by atoms with van der Waals surface area (Å²) in [5.41, 5.74) is 0. The molecule has 1 saturated carbocycles. The van der Waals surface area contributed by atoms with Crippen LogP contribution in [-0.2, 0) is 4.79 Å². The molecule has 88 valence electrons. The lowest BCUT2D eigenvalue weighted by Crippen LogP contribution is -2.60. The van der Waals surface area contributed by atoms with Crippen molar-refractivity contribution in [2.75, 3.05) is 6.61 Å². The molecule has 1 aliphatic carbocycles. The Morgan fingerprint density at radius 1 is 1.33 bits per heavy atom. The van der Waals surface area contributed by atoms with Crippen LogP contribution in [0.4, 0.5) is 0 Å². The molecular formula is C9H17NO5. The van der Waals surface area contributed by atoms with Crippen LogP contribution in [0.3, 0.4) is 0 Å². The standard InChI is InChI=1S/C9H17NO5/c1-4(12)10-7-6(13)2-5(3-11)8(14)9(7)15/h5-9,11,13-15H,2-3H2,1H3,(H,10,12)/t5-,6-,7+,8-,9-/m1/s1. The average Bonchev–Trinajstić information content (AvgIpc) is 2.18. The van der Waals surface area contributed by atoms with Crippen LogP contribution in [0.5, 0.6) is 0 Å².